The average Bonchev–Trinajstić information content (AvgIpc) is 2.65. The number of aliphatic hydroxyl groups excluding tert-OH is 1. The number of carbonyl (C=O) groups is 2. The molecule has 2 rings (SSSR count). The zero-order valence-corrected chi connectivity index (χ0v) is 18.4. The second-order valence-electron chi connectivity index (χ2n) is 7.11. The minimum absolute atomic E-state index is 0.0204. The van der Waals surface area contributed by atoms with Crippen LogP contribution in [0.3, 0.4) is 0 Å². The van der Waals surface area contributed by atoms with Gasteiger partial charge in [-0.1, -0.05) is 30.1 Å². The number of carbonyl (C=O) groups excluding carboxylic acids is 2. The summed E-state index contributed by atoms with van der Waals surface area (Å²) in [4.78, 5) is 26.0. The lowest BCUT2D eigenvalue weighted by molar-refractivity contribution is -0.155. The molecule has 1 heterocycles. The molecular formula is C18H24Cl2N2O6S. The van der Waals surface area contributed by atoms with E-state index >= 15 is 0 Å². The van der Waals surface area contributed by atoms with Gasteiger partial charge in [0.2, 0.25) is 10.0 Å². The van der Waals surface area contributed by atoms with Gasteiger partial charge in [-0.25, -0.2) is 8.42 Å². The zero-order chi connectivity index (χ0) is 21.8. The fourth-order valence-electron chi connectivity index (χ4n) is 2.95. The van der Waals surface area contributed by atoms with Crippen LogP contribution in [-0.2, 0) is 24.3 Å². The third-order valence-corrected chi connectivity index (χ3v) is 6.75. The van der Waals surface area contributed by atoms with Crippen molar-refractivity contribution < 1.29 is 27.9 Å². The summed E-state index contributed by atoms with van der Waals surface area (Å²) >= 11 is 11.6. The minimum atomic E-state index is -4.20. The highest BCUT2D eigenvalue weighted by Crippen LogP contribution is 2.25. The van der Waals surface area contributed by atoms with Gasteiger partial charge in [-0.3, -0.25) is 9.59 Å². The fourth-order valence-corrected chi connectivity index (χ4v) is 4.60. The van der Waals surface area contributed by atoms with E-state index in [-0.39, 0.29) is 20.8 Å². The summed E-state index contributed by atoms with van der Waals surface area (Å²) in [5.74, 6) is -1.05. The van der Waals surface area contributed by atoms with Crippen LogP contribution in [-0.4, -0.2) is 62.1 Å². The molecule has 1 aliphatic rings. The molecule has 0 radical (unpaired) electrons. The fraction of sp³-hybridized carbons (Fsp3) is 0.556. The molecular weight excluding hydrogens is 443 g/mol. The molecule has 11 heteroatoms. The third-order valence-electron chi connectivity index (χ3n) is 4.57. The number of aliphatic hydroxyl groups is 1. The Morgan fingerprint density at radius 3 is 2.62 bits per heavy atom. The number of ether oxygens (including phenoxy) is 1. The number of halogens is 2. The van der Waals surface area contributed by atoms with E-state index in [2.05, 4.69) is 4.72 Å². The predicted molar refractivity (Wildman–Crippen MR) is 108 cm³/mol. The highest BCUT2D eigenvalue weighted by Gasteiger charge is 2.32. The van der Waals surface area contributed by atoms with Crippen molar-refractivity contribution in [2.75, 3.05) is 19.7 Å². The number of benzene rings is 1. The van der Waals surface area contributed by atoms with Crippen LogP contribution in [0.2, 0.25) is 10.0 Å². The van der Waals surface area contributed by atoms with Crippen LogP contribution < -0.4 is 4.72 Å². The van der Waals surface area contributed by atoms with Crippen LogP contribution in [0.15, 0.2) is 23.1 Å². The quantitative estimate of drug-likeness (QED) is 0.592. The van der Waals surface area contributed by atoms with Crippen LogP contribution in [0.25, 0.3) is 0 Å². The summed E-state index contributed by atoms with van der Waals surface area (Å²) in [6.07, 6.45) is 0.510. The molecule has 1 saturated heterocycles. The van der Waals surface area contributed by atoms with Crippen molar-refractivity contribution in [2.45, 2.75) is 43.7 Å². The van der Waals surface area contributed by atoms with Crippen molar-refractivity contribution in [1.29, 1.82) is 0 Å². The Balaban J connectivity index is 2.03. The van der Waals surface area contributed by atoms with Gasteiger partial charge in [-0.2, -0.15) is 4.72 Å². The smallest absolute Gasteiger partial charge is 0.327 e. The number of sulfonamides is 1. The summed E-state index contributed by atoms with van der Waals surface area (Å²) in [5.41, 5.74) is 0. The van der Waals surface area contributed by atoms with Gasteiger partial charge >= 0.3 is 5.97 Å². The number of hydrogen-bond acceptors (Lipinski definition) is 6. The first-order valence-corrected chi connectivity index (χ1v) is 11.3. The van der Waals surface area contributed by atoms with E-state index in [0.29, 0.717) is 19.0 Å². The Morgan fingerprint density at radius 2 is 2.03 bits per heavy atom. The van der Waals surface area contributed by atoms with E-state index < -0.39 is 34.7 Å². The second kappa shape index (κ2) is 10.1. The Kier molecular flexibility index (Phi) is 8.30. The molecule has 8 nitrogen and oxygen atoms in total. The second-order valence-corrected chi connectivity index (χ2v) is 9.64. The predicted octanol–water partition coefficient (Wildman–Crippen LogP) is 1.82. The van der Waals surface area contributed by atoms with Gasteiger partial charge in [0.25, 0.3) is 5.91 Å². The topological polar surface area (TPSA) is 113 Å². The molecule has 1 aromatic carbocycles. The van der Waals surface area contributed by atoms with Crippen molar-refractivity contribution >= 4 is 45.1 Å². The summed E-state index contributed by atoms with van der Waals surface area (Å²) in [6, 6.07) is 2.04. The van der Waals surface area contributed by atoms with Gasteiger partial charge in [-0.15, -0.1) is 0 Å². The summed E-state index contributed by atoms with van der Waals surface area (Å²) in [6.45, 7) is 3.91. The van der Waals surface area contributed by atoms with E-state index in [1.165, 1.54) is 19.1 Å². The molecule has 0 spiro atoms. The zero-order valence-electron chi connectivity index (χ0n) is 16.1. The minimum Gasteiger partial charge on any atom is -0.454 e. The lowest BCUT2D eigenvalue weighted by Gasteiger charge is -2.31. The SMILES string of the molecule is CC1CCCN(C(=O)COC(=O)C(NS(=O)(=O)c2ccc(Cl)c(Cl)c2)C(C)O)C1. The number of nitrogens with zero attached hydrogens (tertiary/aromatic N) is 1. The van der Waals surface area contributed by atoms with Crippen LogP contribution in [0.1, 0.15) is 26.7 Å². The number of esters is 1. The molecule has 1 aromatic rings. The lowest BCUT2D eigenvalue weighted by atomic mass is 10.0. The average molecular weight is 467 g/mol. The molecule has 2 N–H and O–H groups in total. The van der Waals surface area contributed by atoms with E-state index in [0.717, 1.165) is 18.9 Å². The summed E-state index contributed by atoms with van der Waals surface area (Å²) in [5, 5.41) is 10.1. The number of likely N-dealkylation sites (tertiary alicyclic amines) is 1. The van der Waals surface area contributed by atoms with E-state index in [9.17, 15) is 23.1 Å². The number of rotatable bonds is 7. The number of amides is 1. The largest absolute Gasteiger partial charge is 0.454 e. The van der Waals surface area contributed by atoms with Crippen molar-refractivity contribution in [3.8, 4) is 0 Å². The van der Waals surface area contributed by atoms with E-state index in [1.807, 2.05) is 6.92 Å². The van der Waals surface area contributed by atoms with Gasteiger partial charge in [0.15, 0.2) is 6.61 Å². The van der Waals surface area contributed by atoms with Gasteiger partial charge in [0.05, 0.1) is 21.0 Å². The molecule has 1 aliphatic heterocycles. The molecule has 0 aliphatic carbocycles. The normalized spacial score (nSPS) is 19.5. The maximum absolute atomic E-state index is 12.5. The van der Waals surface area contributed by atoms with Crippen LogP contribution in [0, 0.1) is 5.92 Å². The van der Waals surface area contributed by atoms with Crippen LogP contribution in [0.5, 0.6) is 0 Å². The van der Waals surface area contributed by atoms with E-state index in [4.69, 9.17) is 27.9 Å². The first-order valence-electron chi connectivity index (χ1n) is 9.11. The van der Waals surface area contributed by atoms with Crippen molar-refractivity contribution in [1.82, 2.24) is 9.62 Å². The van der Waals surface area contributed by atoms with Gasteiger partial charge in [0, 0.05) is 13.1 Å². The van der Waals surface area contributed by atoms with Crippen LogP contribution >= 0.6 is 23.2 Å². The molecule has 29 heavy (non-hydrogen) atoms. The van der Waals surface area contributed by atoms with Gasteiger partial charge < -0.3 is 14.7 Å². The molecule has 1 fully saturated rings. The van der Waals surface area contributed by atoms with E-state index in [1.54, 1.807) is 4.90 Å². The monoisotopic (exact) mass is 466 g/mol. The van der Waals surface area contributed by atoms with Gasteiger partial charge in [-0.05, 0) is 43.9 Å². The Hall–Kier alpha value is -1.39. The van der Waals surface area contributed by atoms with Crippen LogP contribution in [0.4, 0.5) is 0 Å². The lowest BCUT2D eigenvalue weighted by Crippen LogP contribution is -2.49. The molecule has 1 amide bonds. The van der Waals surface area contributed by atoms with Gasteiger partial charge in [0.1, 0.15) is 6.04 Å². The maximum Gasteiger partial charge on any atom is 0.327 e. The molecule has 0 saturated carbocycles. The number of hydrogen-bond donors (Lipinski definition) is 2. The van der Waals surface area contributed by atoms with Crippen molar-refractivity contribution in [3.63, 3.8) is 0 Å². The molecule has 162 valence electrons. The first kappa shape index (κ1) is 23.9. The molecule has 0 aromatic heterocycles. The third kappa shape index (κ3) is 6.55. The Labute approximate surface area is 180 Å². The number of nitrogens with one attached hydrogen (secondary N) is 1. The maximum atomic E-state index is 12.5. The Morgan fingerprint density at radius 1 is 1.34 bits per heavy atom. The molecule has 3 atom stereocenters. The first-order chi connectivity index (χ1) is 13.5. The molecule has 3 unspecified atom stereocenters. The highest BCUT2D eigenvalue weighted by molar-refractivity contribution is 7.89. The highest BCUT2D eigenvalue weighted by atomic mass is 35.5. The van der Waals surface area contributed by atoms with Crippen molar-refractivity contribution in [3.05, 3.63) is 28.2 Å². The Bertz CT molecular complexity index is 862. The molecule has 0 bridgehead atoms. The number of piperidine rings is 1. The standard InChI is InChI=1S/C18H24Cl2N2O6S/c1-11-4-3-7-22(9-11)16(24)10-28-18(25)17(12(2)23)21-29(26,27)13-5-6-14(19)15(20)8-13/h5-6,8,11-12,17,21,23H,3-4,7,9-10H2,1-2H3. The summed E-state index contributed by atoms with van der Waals surface area (Å²) in [7, 11) is -4.20. The summed E-state index contributed by atoms with van der Waals surface area (Å²) < 4.78 is 32.1. The van der Waals surface area contributed by atoms with Crippen molar-refractivity contribution in [2.24, 2.45) is 5.92 Å².